The van der Waals surface area contributed by atoms with Gasteiger partial charge in [0.25, 0.3) is 0 Å². The van der Waals surface area contributed by atoms with E-state index in [1.807, 2.05) is 0 Å². The molecule has 214 valence electrons. The van der Waals surface area contributed by atoms with E-state index in [-0.39, 0.29) is 5.41 Å². The predicted molar refractivity (Wildman–Crippen MR) is 193 cm³/mol. The molecule has 0 N–H and O–H groups in total. The van der Waals surface area contributed by atoms with E-state index in [4.69, 9.17) is 0 Å². The van der Waals surface area contributed by atoms with E-state index in [1.54, 1.807) is 0 Å². The van der Waals surface area contributed by atoms with Crippen LogP contribution in [0.3, 0.4) is 0 Å². The number of hydrogen-bond acceptors (Lipinski definition) is 0. The second-order valence-electron chi connectivity index (χ2n) is 13.2. The average molecular weight is 575 g/mol. The van der Waals surface area contributed by atoms with E-state index in [0.29, 0.717) is 0 Å². The number of fused-ring (bicyclic) bond motifs is 7. The summed E-state index contributed by atoms with van der Waals surface area (Å²) in [6.45, 7) is 4.71. The smallest absolute Gasteiger partial charge is 0.0159 e. The Morgan fingerprint density at radius 1 is 0.444 bits per heavy atom. The van der Waals surface area contributed by atoms with Gasteiger partial charge in [0.1, 0.15) is 0 Å². The van der Waals surface area contributed by atoms with Gasteiger partial charge in [0, 0.05) is 5.41 Å². The van der Waals surface area contributed by atoms with Crippen molar-refractivity contribution in [3.63, 3.8) is 0 Å². The molecule has 7 aromatic rings. The minimum absolute atomic E-state index is 0.0148. The molecule has 0 spiro atoms. The van der Waals surface area contributed by atoms with Crippen molar-refractivity contribution in [2.24, 2.45) is 0 Å². The molecule has 2 aliphatic carbocycles. The Morgan fingerprint density at radius 3 is 1.78 bits per heavy atom. The molecule has 0 aromatic heterocycles. The van der Waals surface area contributed by atoms with Crippen LogP contribution in [-0.2, 0) is 11.8 Å². The molecule has 7 aromatic carbocycles. The quantitative estimate of drug-likeness (QED) is 0.197. The van der Waals surface area contributed by atoms with Crippen LogP contribution in [0.1, 0.15) is 42.5 Å². The van der Waals surface area contributed by atoms with Crippen LogP contribution in [0, 0.1) is 0 Å². The van der Waals surface area contributed by atoms with Crippen molar-refractivity contribution in [1.29, 1.82) is 0 Å². The van der Waals surface area contributed by atoms with Crippen LogP contribution < -0.4 is 0 Å². The predicted octanol–water partition coefficient (Wildman–Crippen LogP) is 12.3. The first-order valence-electron chi connectivity index (χ1n) is 16.2. The fourth-order valence-electron chi connectivity index (χ4n) is 8.08. The van der Waals surface area contributed by atoms with E-state index >= 15 is 0 Å². The van der Waals surface area contributed by atoms with Crippen molar-refractivity contribution >= 4 is 27.6 Å². The molecule has 0 unspecified atom stereocenters. The second kappa shape index (κ2) is 9.91. The van der Waals surface area contributed by atoms with Gasteiger partial charge in [-0.25, -0.2) is 0 Å². The molecular formula is C45H34. The van der Waals surface area contributed by atoms with E-state index in [9.17, 15) is 0 Å². The molecule has 0 heteroatoms. The molecule has 0 fully saturated rings. The van der Waals surface area contributed by atoms with Gasteiger partial charge in [-0.1, -0.05) is 147 Å². The lowest BCUT2D eigenvalue weighted by Gasteiger charge is -2.22. The zero-order chi connectivity index (χ0) is 30.1. The van der Waals surface area contributed by atoms with Crippen LogP contribution in [0.15, 0.2) is 140 Å². The first-order chi connectivity index (χ1) is 22.1. The lowest BCUT2D eigenvalue weighted by Crippen LogP contribution is -2.14. The maximum Gasteiger partial charge on any atom is 0.0159 e. The lowest BCUT2D eigenvalue weighted by atomic mass is 9.81. The molecule has 0 heterocycles. The Balaban J connectivity index is 1.13. The first-order valence-corrected chi connectivity index (χ1v) is 16.2. The Kier molecular flexibility index (Phi) is 5.77. The highest BCUT2D eigenvalue weighted by atomic mass is 14.4. The van der Waals surface area contributed by atoms with E-state index in [0.717, 1.165) is 12.8 Å². The van der Waals surface area contributed by atoms with Crippen LogP contribution in [-0.4, -0.2) is 0 Å². The highest BCUT2D eigenvalue weighted by Gasteiger charge is 2.35. The largest absolute Gasteiger partial charge is 0.0836 e. The summed E-state index contributed by atoms with van der Waals surface area (Å²) in [6, 6.07) is 50.0. The summed E-state index contributed by atoms with van der Waals surface area (Å²) in [4.78, 5) is 0. The Labute approximate surface area is 265 Å². The van der Waals surface area contributed by atoms with Crippen LogP contribution in [0.5, 0.6) is 0 Å². The van der Waals surface area contributed by atoms with Crippen molar-refractivity contribution in [3.05, 3.63) is 162 Å². The van der Waals surface area contributed by atoms with E-state index in [2.05, 4.69) is 159 Å². The second-order valence-corrected chi connectivity index (χ2v) is 13.2. The number of hydrogen-bond donors (Lipinski definition) is 0. The molecule has 0 saturated heterocycles. The molecule has 0 bridgehead atoms. The SMILES string of the molecule is CC1(C)c2ccccc2-c2ccc(-c3cccc4c(-c5ccc(-c6cc7c(c8ccccc68)CCC=C7)cc5)cccc34)cc21. The molecule has 0 saturated carbocycles. The van der Waals surface area contributed by atoms with Gasteiger partial charge < -0.3 is 0 Å². The van der Waals surface area contributed by atoms with Gasteiger partial charge in [-0.15, -0.1) is 0 Å². The van der Waals surface area contributed by atoms with Gasteiger partial charge in [-0.05, 0) is 113 Å². The lowest BCUT2D eigenvalue weighted by molar-refractivity contribution is 0.660. The van der Waals surface area contributed by atoms with Gasteiger partial charge in [0.15, 0.2) is 0 Å². The zero-order valence-corrected chi connectivity index (χ0v) is 25.8. The molecule has 0 nitrogen and oxygen atoms in total. The summed E-state index contributed by atoms with van der Waals surface area (Å²) in [5.74, 6) is 0. The Bertz CT molecular complexity index is 2330. The van der Waals surface area contributed by atoms with Gasteiger partial charge >= 0.3 is 0 Å². The van der Waals surface area contributed by atoms with Crippen LogP contribution in [0.2, 0.25) is 0 Å². The fraction of sp³-hybridized carbons (Fsp3) is 0.111. The molecular weight excluding hydrogens is 540 g/mol. The summed E-state index contributed by atoms with van der Waals surface area (Å²) < 4.78 is 0. The summed E-state index contributed by atoms with van der Waals surface area (Å²) in [5, 5.41) is 5.31. The van der Waals surface area contributed by atoms with Gasteiger partial charge in [-0.3, -0.25) is 0 Å². The van der Waals surface area contributed by atoms with Crippen molar-refractivity contribution < 1.29 is 0 Å². The van der Waals surface area contributed by atoms with Crippen LogP contribution >= 0.6 is 0 Å². The summed E-state index contributed by atoms with van der Waals surface area (Å²) in [6.07, 6.45) is 6.85. The fourth-order valence-corrected chi connectivity index (χ4v) is 8.08. The minimum atomic E-state index is -0.0148. The molecule has 0 atom stereocenters. The first kappa shape index (κ1) is 26.2. The Morgan fingerprint density at radius 2 is 1.00 bits per heavy atom. The molecule has 0 aliphatic heterocycles. The van der Waals surface area contributed by atoms with Gasteiger partial charge in [-0.2, -0.15) is 0 Å². The van der Waals surface area contributed by atoms with Crippen molar-refractivity contribution in [2.45, 2.75) is 32.1 Å². The zero-order valence-electron chi connectivity index (χ0n) is 25.8. The Hall–Kier alpha value is -5.20. The van der Waals surface area contributed by atoms with Crippen LogP contribution in [0.4, 0.5) is 0 Å². The highest BCUT2D eigenvalue weighted by molar-refractivity contribution is 6.05. The topological polar surface area (TPSA) is 0 Å². The van der Waals surface area contributed by atoms with Crippen molar-refractivity contribution in [2.75, 3.05) is 0 Å². The normalized spacial score (nSPS) is 14.4. The third kappa shape index (κ3) is 3.99. The molecule has 0 radical (unpaired) electrons. The monoisotopic (exact) mass is 574 g/mol. The number of aryl methyl sites for hydroxylation is 1. The molecule has 9 rings (SSSR count). The number of benzene rings is 7. The maximum atomic E-state index is 2.43. The standard InChI is InChI=1S/C45H34/c1-45(2)43-20-8-7-15-40(43)41-26-25-32(28-44(41)45)35-17-10-18-37-33(16-9-19-38(35)37)29-21-23-30(24-22-29)42-27-31-11-3-4-12-34(31)36-13-5-6-14-39(36)42/h3,5-11,13-28H,4,12H2,1-2H3. The minimum Gasteiger partial charge on any atom is -0.0836 e. The third-order valence-corrected chi connectivity index (χ3v) is 10.4. The third-order valence-electron chi connectivity index (χ3n) is 10.4. The molecule has 0 amide bonds. The van der Waals surface area contributed by atoms with Crippen molar-refractivity contribution in [3.8, 4) is 44.5 Å². The molecule has 2 aliphatic rings. The van der Waals surface area contributed by atoms with E-state index in [1.165, 1.54) is 88.3 Å². The van der Waals surface area contributed by atoms with E-state index < -0.39 is 0 Å². The van der Waals surface area contributed by atoms with Gasteiger partial charge in [0.2, 0.25) is 0 Å². The average Bonchev–Trinajstić information content (AvgIpc) is 3.33. The highest BCUT2D eigenvalue weighted by Crippen LogP contribution is 2.50. The maximum absolute atomic E-state index is 2.43. The molecule has 45 heavy (non-hydrogen) atoms. The number of rotatable bonds is 3. The van der Waals surface area contributed by atoms with Gasteiger partial charge in [0.05, 0.1) is 0 Å². The summed E-state index contributed by atoms with van der Waals surface area (Å²) in [5.41, 5.74) is 16.0. The van der Waals surface area contributed by atoms with Crippen molar-refractivity contribution in [1.82, 2.24) is 0 Å². The summed E-state index contributed by atoms with van der Waals surface area (Å²) in [7, 11) is 0. The summed E-state index contributed by atoms with van der Waals surface area (Å²) >= 11 is 0. The number of allylic oxidation sites excluding steroid dienone is 1. The van der Waals surface area contributed by atoms with Crippen LogP contribution in [0.25, 0.3) is 72.1 Å².